The van der Waals surface area contributed by atoms with Crippen molar-refractivity contribution < 1.29 is 8.42 Å². The molecule has 2 rings (SSSR count). The van der Waals surface area contributed by atoms with Gasteiger partial charge in [-0.1, -0.05) is 37.3 Å². The lowest BCUT2D eigenvalue weighted by Crippen LogP contribution is -2.28. The molecule has 2 N–H and O–H groups in total. The fourth-order valence-corrected chi connectivity index (χ4v) is 3.43. The van der Waals surface area contributed by atoms with Crippen LogP contribution in [0.4, 0.5) is 0 Å². The Bertz CT molecular complexity index is 650. The molecule has 0 saturated carbocycles. The maximum atomic E-state index is 12.2. The first-order valence-electron chi connectivity index (χ1n) is 6.00. The first-order valence-corrected chi connectivity index (χ1v) is 7.65. The molecule has 0 saturated heterocycles. The number of fused-ring (bicyclic) bond motifs is 1. The zero-order chi connectivity index (χ0) is 13.2. The Morgan fingerprint density at radius 3 is 2.44 bits per heavy atom. The maximum absolute atomic E-state index is 12.2. The van der Waals surface area contributed by atoms with E-state index in [0.717, 1.165) is 10.8 Å². The number of nitrogens with two attached hydrogens (primary N) is 1. The Morgan fingerprint density at radius 1 is 1.11 bits per heavy atom. The lowest BCUT2D eigenvalue weighted by molar-refractivity contribution is 0.584. The second-order valence-electron chi connectivity index (χ2n) is 4.46. The third-order valence-corrected chi connectivity index (χ3v) is 4.88. The van der Waals surface area contributed by atoms with Crippen LogP contribution in [-0.4, -0.2) is 20.2 Å². The second kappa shape index (κ2) is 5.08. The number of hydrogen-bond donors (Lipinski definition) is 1. The van der Waals surface area contributed by atoms with Crippen molar-refractivity contribution in [1.29, 1.82) is 0 Å². The number of rotatable bonds is 4. The summed E-state index contributed by atoms with van der Waals surface area (Å²) >= 11 is 0. The van der Waals surface area contributed by atoms with E-state index in [0.29, 0.717) is 11.3 Å². The minimum absolute atomic E-state index is 0.00183. The molecule has 1 atom stereocenters. The molecule has 96 valence electrons. The highest BCUT2D eigenvalue weighted by atomic mass is 32.2. The van der Waals surface area contributed by atoms with Crippen molar-refractivity contribution in [2.45, 2.75) is 24.3 Å². The molecule has 2 aromatic carbocycles. The highest BCUT2D eigenvalue weighted by Crippen LogP contribution is 2.20. The molecule has 0 aliphatic rings. The third kappa shape index (κ3) is 2.71. The van der Waals surface area contributed by atoms with Crippen LogP contribution < -0.4 is 5.73 Å². The van der Waals surface area contributed by atoms with Gasteiger partial charge in [0.05, 0.1) is 10.6 Å². The summed E-state index contributed by atoms with van der Waals surface area (Å²) in [7, 11) is -3.29. The number of hydrogen-bond acceptors (Lipinski definition) is 3. The quantitative estimate of drug-likeness (QED) is 0.921. The molecule has 2 aromatic rings. The van der Waals surface area contributed by atoms with Crippen molar-refractivity contribution in [3.63, 3.8) is 0 Å². The zero-order valence-electron chi connectivity index (χ0n) is 10.3. The molecule has 0 heterocycles. The molecule has 0 fully saturated rings. The largest absolute Gasteiger partial charge is 0.327 e. The van der Waals surface area contributed by atoms with E-state index in [-0.39, 0.29) is 11.8 Å². The molecule has 0 aliphatic heterocycles. The molecule has 0 aromatic heterocycles. The molecule has 0 amide bonds. The van der Waals surface area contributed by atoms with E-state index in [9.17, 15) is 8.42 Å². The molecule has 4 heteroatoms. The minimum atomic E-state index is -3.29. The zero-order valence-corrected chi connectivity index (χ0v) is 11.2. The van der Waals surface area contributed by atoms with Crippen molar-refractivity contribution in [3.05, 3.63) is 42.5 Å². The summed E-state index contributed by atoms with van der Waals surface area (Å²) in [4.78, 5) is 0.352. The number of sulfone groups is 1. The summed E-state index contributed by atoms with van der Waals surface area (Å²) in [5, 5.41) is 1.97. The van der Waals surface area contributed by atoms with Gasteiger partial charge in [0, 0.05) is 6.04 Å². The standard InChI is InChI=1S/C14H17NO2S/c1-2-13(15)10-18(16,17)14-8-7-11-5-3-4-6-12(11)9-14/h3-9,13H,2,10,15H2,1H3. The predicted octanol–water partition coefficient (Wildman–Crippen LogP) is 2.35. The molecule has 0 aliphatic carbocycles. The Kier molecular flexibility index (Phi) is 3.68. The van der Waals surface area contributed by atoms with Gasteiger partial charge in [0.25, 0.3) is 0 Å². The van der Waals surface area contributed by atoms with E-state index < -0.39 is 9.84 Å². The summed E-state index contributed by atoms with van der Waals surface area (Å²) in [6.45, 7) is 1.89. The van der Waals surface area contributed by atoms with E-state index in [1.165, 1.54) is 0 Å². The van der Waals surface area contributed by atoms with Gasteiger partial charge in [0.2, 0.25) is 0 Å². The van der Waals surface area contributed by atoms with Crippen LogP contribution in [0.2, 0.25) is 0 Å². The van der Waals surface area contributed by atoms with Gasteiger partial charge < -0.3 is 5.73 Å². The van der Waals surface area contributed by atoms with Crippen molar-refractivity contribution in [3.8, 4) is 0 Å². The molecule has 1 unspecified atom stereocenters. The molecule has 18 heavy (non-hydrogen) atoms. The summed E-state index contributed by atoms with van der Waals surface area (Å²) in [5.74, 6) is 0.00183. The lowest BCUT2D eigenvalue weighted by Gasteiger charge is -2.10. The fourth-order valence-electron chi connectivity index (χ4n) is 1.86. The molecular formula is C14H17NO2S. The van der Waals surface area contributed by atoms with Gasteiger partial charge in [-0.3, -0.25) is 0 Å². The normalized spacial score (nSPS) is 13.7. The molecule has 0 bridgehead atoms. The summed E-state index contributed by atoms with van der Waals surface area (Å²) in [5.41, 5.74) is 5.73. The molecule has 3 nitrogen and oxygen atoms in total. The van der Waals surface area contributed by atoms with Crippen LogP contribution in [0, 0.1) is 0 Å². The molecule has 0 spiro atoms. The van der Waals surface area contributed by atoms with Gasteiger partial charge in [-0.25, -0.2) is 8.42 Å². The van der Waals surface area contributed by atoms with Gasteiger partial charge in [-0.2, -0.15) is 0 Å². The van der Waals surface area contributed by atoms with E-state index in [1.807, 2.05) is 37.3 Å². The molecule has 0 radical (unpaired) electrons. The Morgan fingerprint density at radius 2 is 1.78 bits per heavy atom. The van der Waals surface area contributed by atoms with E-state index in [2.05, 4.69) is 0 Å². The van der Waals surface area contributed by atoms with Crippen LogP contribution in [0.15, 0.2) is 47.4 Å². The van der Waals surface area contributed by atoms with Gasteiger partial charge in [-0.15, -0.1) is 0 Å². The van der Waals surface area contributed by atoms with Gasteiger partial charge in [0.15, 0.2) is 9.84 Å². The summed E-state index contributed by atoms with van der Waals surface area (Å²) in [6.07, 6.45) is 0.660. The Labute approximate surface area is 108 Å². The average Bonchev–Trinajstić information content (AvgIpc) is 2.37. The molecular weight excluding hydrogens is 246 g/mol. The third-order valence-electron chi connectivity index (χ3n) is 3.04. The number of benzene rings is 2. The highest BCUT2D eigenvalue weighted by Gasteiger charge is 2.18. The smallest absolute Gasteiger partial charge is 0.179 e. The first-order chi connectivity index (χ1) is 8.53. The van der Waals surface area contributed by atoms with Crippen LogP contribution in [0.1, 0.15) is 13.3 Å². The van der Waals surface area contributed by atoms with Crippen LogP contribution in [0.25, 0.3) is 10.8 Å². The van der Waals surface area contributed by atoms with Crippen LogP contribution in [-0.2, 0) is 9.84 Å². The van der Waals surface area contributed by atoms with Crippen molar-refractivity contribution in [2.24, 2.45) is 5.73 Å². The van der Waals surface area contributed by atoms with Crippen LogP contribution >= 0.6 is 0 Å². The van der Waals surface area contributed by atoms with E-state index in [1.54, 1.807) is 12.1 Å². The van der Waals surface area contributed by atoms with Crippen LogP contribution in [0.3, 0.4) is 0 Å². The van der Waals surface area contributed by atoms with Crippen LogP contribution in [0.5, 0.6) is 0 Å². The summed E-state index contributed by atoms with van der Waals surface area (Å²) in [6, 6.07) is 12.6. The van der Waals surface area contributed by atoms with Crippen molar-refractivity contribution >= 4 is 20.6 Å². The van der Waals surface area contributed by atoms with Gasteiger partial charge >= 0.3 is 0 Å². The predicted molar refractivity (Wildman–Crippen MR) is 74.3 cm³/mol. The minimum Gasteiger partial charge on any atom is -0.327 e. The highest BCUT2D eigenvalue weighted by molar-refractivity contribution is 7.91. The second-order valence-corrected chi connectivity index (χ2v) is 6.49. The monoisotopic (exact) mass is 263 g/mol. The summed E-state index contributed by atoms with van der Waals surface area (Å²) < 4.78 is 24.3. The van der Waals surface area contributed by atoms with Gasteiger partial charge in [-0.05, 0) is 29.3 Å². The topological polar surface area (TPSA) is 60.2 Å². The van der Waals surface area contributed by atoms with Gasteiger partial charge in [0.1, 0.15) is 0 Å². The Hall–Kier alpha value is -1.39. The van der Waals surface area contributed by atoms with E-state index in [4.69, 9.17) is 5.73 Å². The first kappa shape index (κ1) is 13.1. The Balaban J connectivity index is 2.41. The van der Waals surface area contributed by atoms with Crippen molar-refractivity contribution in [2.75, 3.05) is 5.75 Å². The average molecular weight is 263 g/mol. The van der Waals surface area contributed by atoms with Crippen molar-refractivity contribution in [1.82, 2.24) is 0 Å². The SMILES string of the molecule is CCC(N)CS(=O)(=O)c1ccc2ccccc2c1. The fraction of sp³-hybridized carbons (Fsp3) is 0.286. The maximum Gasteiger partial charge on any atom is 0.179 e. The van der Waals surface area contributed by atoms with E-state index >= 15 is 0 Å². The lowest BCUT2D eigenvalue weighted by atomic mass is 10.1.